The van der Waals surface area contributed by atoms with Gasteiger partial charge in [0, 0.05) is 26.2 Å². The van der Waals surface area contributed by atoms with E-state index in [9.17, 15) is 31.2 Å². The monoisotopic (exact) mass is 587 g/mol. The van der Waals surface area contributed by atoms with Crippen LogP contribution in [0.3, 0.4) is 0 Å². The zero-order valence-corrected chi connectivity index (χ0v) is 23.6. The van der Waals surface area contributed by atoms with Gasteiger partial charge in [0.25, 0.3) is 0 Å². The number of piperazine rings is 1. The van der Waals surface area contributed by atoms with Crippen molar-refractivity contribution in [1.29, 1.82) is 0 Å². The summed E-state index contributed by atoms with van der Waals surface area (Å²) in [6, 6.07) is 18.7. The van der Waals surface area contributed by atoms with Crippen LogP contribution in [-0.4, -0.2) is 55.1 Å². The molecule has 1 aliphatic heterocycles. The smallest absolute Gasteiger partial charge is 0.351 e. The van der Waals surface area contributed by atoms with E-state index >= 15 is 0 Å². The van der Waals surface area contributed by atoms with E-state index in [1.807, 2.05) is 44.2 Å². The van der Waals surface area contributed by atoms with Crippen molar-refractivity contribution in [3.05, 3.63) is 101 Å². The van der Waals surface area contributed by atoms with Crippen LogP contribution in [0.25, 0.3) is 0 Å². The number of nitrogens with zero attached hydrogens (tertiary/aromatic N) is 2. The summed E-state index contributed by atoms with van der Waals surface area (Å²) in [7, 11) is -4.10. The number of rotatable bonds is 8. The van der Waals surface area contributed by atoms with Gasteiger partial charge in [-0.1, -0.05) is 68.4 Å². The third kappa shape index (κ3) is 7.34. The van der Waals surface area contributed by atoms with Crippen molar-refractivity contribution in [3.63, 3.8) is 0 Å². The van der Waals surface area contributed by atoms with E-state index in [0.717, 1.165) is 27.6 Å². The predicted molar refractivity (Wildman–Crippen MR) is 148 cm³/mol. The van der Waals surface area contributed by atoms with Gasteiger partial charge in [-0.15, -0.1) is 0 Å². The number of alkyl halides is 3. The van der Waals surface area contributed by atoms with Crippen molar-refractivity contribution in [2.45, 2.75) is 49.8 Å². The van der Waals surface area contributed by atoms with Gasteiger partial charge in [0.15, 0.2) is 0 Å². The van der Waals surface area contributed by atoms with Gasteiger partial charge >= 0.3 is 6.18 Å². The van der Waals surface area contributed by atoms with Crippen molar-refractivity contribution >= 4 is 21.8 Å². The molecule has 218 valence electrons. The summed E-state index contributed by atoms with van der Waals surface area (Å²) in [4.78, 5) is 28.0. The number of carbonyl (C=O) groups excluding carboxylic acids is 2. The standard InChI is InChI=1S/C30H32F3N3O4S/c1-21(2)24-10-14-26(15-11-24)41(39,40)36-17-16-35(28(37)18-22-6-4-3-5-7-22)20-27(36)29(38)34-19-23-8-12-25(13-9-23)30(31,32)33/h3-15,21,27H,16-20H2,1-2H3,(H,34,38). The number of hydrogen-bond acceptors (Lipinski definition) is 4. The van der Waals surface area contributed by atoms with E-state index in [0.29, 0.717) is 5.56 Å². The summed E-state index contributed by atoms with van der Waals surface area (Å²) in [5.41, 5.74) is 1.36. The van der Waals surface area contributed by atoms with Gasteiger partial charge in [-0.25, -0.2) is 8.42 Å². The Labute approximate surface area is 238 Å². The molecular weight excluding hydrogens is 555 g/mol. The molecule has 0 bridgehead atoms. The molecule has 1 saturated heterocycles. The molecule has 2 amide bonds. The minimum atomic E-state index is -4.48. The molecule has 4 rings (SSSR count). The first kappa shape index (κ1) is 30.3. The fourth-order valence-corrected chi connectivity index (χ4v) is 6.23. The molecule has 3 aromatic carbocycles. The number of sulfonamides is 1. The maximum atomic E-state index is 13.7. The highest BCUT2D eigenvalue weighted by Crippen LogP contribution is 2.29. The van der Waals surface area contributed by atoms with Gasteiger partial charge in [0.1, 0.15) is 6.04 Å². The van der Waals surface area contributed by atoms with Crippen molar-refractivity contribution in [3.8, 4) is 0 Å². The Morgan fingerprint density at radius 2 is 1.54 bits per heavy atom. The Hall–Kier alpha value is -3.70. The van der Waals surface area contributed by atoms with E-state index in [-0.39, 0.29) is 49.3 Å². The zero-order valence-electron chi connectivity index (χ0n) is 22.8. The minimum Gasteiger partial charge on any atom is -0.351 e. The lowest BCUT2D eigenvalue weighted by atomic mass is 10.0. The Morgan fingerprint density at radius 3 is 2.12 bits per heavy atom. The van der Waals surface area contributed by atoms with Crippen LogP contribution in [0.15, 0.2) is 83.8 Å². The molecule has 0 saturated carbocycles. The zero-order chi connectivity index (χ0) is 29.8. The number of nitrogens with one attached hydrogen (secondary N) is 1. The lowest BCUT2D eigenvalue weighted by molar-refractivity contribution is -0.138. The summed E-state index contributed by atoms with van der Waals surface area (Å²) in [6.07, 6.45) is -4.38. The van der Waals surface area contributed by atoms with Gasteiger partial charge in [-0.2, -0.15) is 17.5 Å². The van der Waals surface area contributed by atoms with Crippen molar-refractivity contribution in [1.82, 2.24) is 14.5 Å². The molecule has 1 heterocycles. The van der Waals surface area contributed by atoms with Crippen LogP contribution in [0.2, 0.25) is 0 Å². The Kier molecular flexibility index (Phi) is 9.18. The van der Waals surface area contributed by atoms with Crippen molar-refractivity contribution in [2.24, 2.45) is 0 Å². The molecule has 1 fully saturated rings. The van der Waals surface area contributed by atoms with Crippen LogP contribution < -0.4 is 5.32 Å². The molecule has 0 aliphatic carbocycles. The molecule has 0 spiro atoms. The van der Waals surface area contributed by atoms with Crippen molar-refractivity contribution in [2.75, 3.05) is 19.6 Å². The lowest BCUT2D eigenvalue weighted by Gasteiger charge is -2.39. The highest BCUT2D eigenvalue weighted by molar-refractivity contribution is 7.89. The van der Waals surface area contributed by atoms with Crippen LogP contribution in [0.1, 0.15) is 42.0 Å². The Balaban J connectivity index is 1.55. The Bertz CT molecular complexity index is 1460. The molecule has 1 N–H and O–H groups in total. The second kappa shape index (κ2) is 12.4. The lowest BCUT2D eigenvalue weighted by Crippen LogP contribution is -2.61. The second-order valence-corrected chi connectivity index (χ2v) is 12.2. The van der Waals surface area contributed by atoms with Crippen molar-refractivity contribution < 1.29 is 31.2 Å². The number of carbonyl (C=O) groups is 2. The maximum absolute atomic E-state index is 13.7. The highest BCUT2D eigenvalue weighted by Gasteiger charge is 2.41. The molecule has 11 heteroatoms. The molecule has 3 aromatic rings. The fourth-order valence-electron chi connectivity index (χ4n) is 4.66. The largest absolute Gasteiger partial charge is 0.416 e. The first-order valence-electron chi connectivity index (χ1n) is 13.2. The van der Waals surface area contributed by atoms with E-state index in [2.05, 4.69) is 5.32 Å². The number of hydrogen-bond donors (Lipinski definition) is 1. The summed E-state index contributed by atoms with van der Waals surface area (Å²) in [5, 5.41) is 2.65. The number of halogens is 3. The quantitative estimate of drug-likeness (QED) is 0.418. The highest BCUT2D eigenvalue weighted by atomic mass is 32.2. The predicted octanol–water partition coefficient (Wildman–Crippen LogP) is 4.59. The third-order valence-corrected chi connectivity index (χ3v) is 9.01. The summed E-state index contributed by atoms with van der Waals surface area (Å²) < 4.78 is 67.2. The van der Waals surface area contributed by atoms with E-state index < -0.39 is 33.7 Å². The molecule has 1 aliphatic rings. The third-order valence-electron chi connectivity index (χ3n) is 7.09. The van der Waals surface area contributed by atoms with Gasteiger partial charge in [-0.05, 0) is 46.9 Å². The molecular formula is C30H32F3N3O4S. The molecule has 1 unspecified atom stereocenters. The van der Waals surface area contributed by atoms with E-state index in [1.165, 1.54) is 29.2 Å². The van der Waals surface area contributed by atoms with Gasteiger partial charge < -0.3 is 10.2 Å². The Morgan fingerprint density at radius 1 is 0.902 bits per heavy atom. The van der Waals surface area contributed by atoms with E-state index in [1.54, 1.807) is 12.1 Å². The number of benzene rings is 3. The molecule has 1 atom stereocenters. The van der Waals surface area contributed by atoms with E-state index in [4.69, 9.17) is 0 Å². The first-order chi connectivity index (χ1) is 19.4. The normalized spacial score (nSPS) is 16.5. The SMILES string of the molecule is CC(C)c1ccc(S(=O)(=O)N2CCN(C(=O)Cc3ccccc3)CC2C(=O)NCc2ccc(C(F)(F)F)cc2)cc1. The summed E-state index contributed by atoms with van der Waals surface area (Å²) in [6.45, 7) is 3.74. The van der Waals surface area contributed by atoms with Crippen LogP contribution >= 0.6 is 0 Å². The average molecular weight is 588 g/mol. The summed E-state index contributed by atoms with van der Waals surface area (Å²) in [5.74, 6) is -0.686. The van der Waals surface area contributed by atoms with Crippen LogP contribution in [0.5, 0.6) is 0 Å². The second-order valence-electron chi connectivity index (χ2n) is 10.3. The topological polar surface area (TPSA) is 86.8 Å². The number of amides is 2. The fraction of sp³-hybridized carbons (Fsp3) is 0.333. The summed E-state index contributed by atoms with van der Waals surface area (Å²) >= 11 is 0. The minimum absolute atomic E-state index is 0.0338. The molecule has 0 radical (unpaired) electrons. The first-order valence-corrected chi connectivity index (χ1v) is 14.7. The maximum Gasteiger partial charge on any atom is 0.416 e. The van der Waals surface area contributed by atoms with Gasteiger partial charge in [0.05, 0.1) is 16.9 Å². The van der Waals surface area contributed by atoms with Gasteiger partial charge in [0.2, 0.25) is 21.8 Å². The molecule has 7 nitrogen and oxygen atoms in total. The van der Waals surface area contributed by atoms with Crippen LogP contribution in [-0.2, 0) is 38.8 Å². The van der Waals surface area contributed by atoms with Crippen LogP contribution in [0, 0.1) is 0 Å². The van der Waals surface area contributed by atoms with Gasteiger partial charge in [-0.3, -0.25) is 9.59 Å². The molecule has 41 heavy (non-hydrogen) atoms. The van der Waals surface area contributed by atoms with Crippen LogP contribution in [0.4, 0.5) is 13.2 Å². The average Bonchev–Trinajstić information content (AvgIpc) is 2.96. The molecule has 0 aromatic heterocycles.